The van der Waals surface area contributed by atoms with Crippen molar-refractivity contribution in [1.82, 2.24) is 9.80 Å². The van der Waals surface area contributed by atoms with Crippen LogP contribution in [0.2, 0.25) is 0 Å². The molecule has 1 aromatic carbocycles. The molecule has 0 radical (unpaired) electrons. The molecular weight excluding hydrogens is 320 g/mol. The first kappa shape index (κ1) is 17.3. The number of carbonyl (C=O) groups is 2. The van der Waals surface area contributed by atoms with Gasteiger partial charge in [0.1, 0.15) is 0 Å². The summed E-state index contributed by atoms with van der Waals surface area (Å²) in [6.45, 7) is 5.64. The van der Waals surface area contributed by atoms with Crippen molar-refractivity contribution in [2.75, 3.05) is 31.9 Å². The van der Waals surface area contributed by atoms with Crippen LogP contribution in [0.1, 0.15) is 43.0 Å². The number of hydrogen-bond acceptors (Lipinski definition) is 3. The minimum atomic E-state index is 0.110. The van der Waals surface area contributed by atoms with Crippen molar-refractivity contribution in [3.8, 4) is 0 Å². The van der Waals surface area contributed by atoms with E-state index in [1.807, 2.05) is 34.1 Å². The van der Waals surface area contributed by atoms with E-state index in [4.69, 9.17) is 0 Å². The number of likely N-dealkylation sites (tertiary alicyclic amines) is 2. The van der Waals surface area contributed by atoms with Crippen molar-refractivity contribution in [2.45, 2.75) is 37.5 Å². The number of hydrogen-bond donors (Lipinski definition) is 0. The van der Waals surface area contributed by atoms with Crippen LogP contribution in [0.4, 0.5) is 0 Å². The highest BCUT2D eigenvalue weighted by molar-refractivity contribution is 8.00. The molecule has 24 heavy (non-hydrogen) atoms. The zero-order valence-corrected chi connectivity index (χ0v) is 15.2. The fourth-order valence-electron chi connectivity index (χ4n) is 3.51. The first-order chi connectivity index (χ1) is 11.6. The van der Waals surface area contributed by atoms with Gasteiger partial charge in [-0.15, -0.1) is 11.8 Å². The summed E-state index contributed by atoms with van der Waals surface area (Å²) in [4.78, 5) is 30.0. The smallest absolute Gasteiger partial charge is 0.254 e. The molecule has 2 aliphatic rings. The summed E-state index contributed by atoms with van der Waals surface area (Å²) in [7, 11) is 0. The van der Waals surface area contributed by atoms with Crippen LogP contribution in [-0.2, 0) is 4.79 Å². The molecule has 0 spiro atoms. The van der Waals surface area contributed by atoms with Crippen LogP contribution in [-0.4, -0.2) is 53.5 Å². The van der Waals surface area contributed by atoms with Gasteiger partial charge in [0.05, 0.1) is 11.3 Å². The average molecular weight is 346 g/mol. The lowest BCUT2D eigenvalue weighted by Crippen LogP contribution is -2.39. The normalized spacial score (nSPS) is 21.1. The Balaban J connectivity index is 1.66. The molecule has 3 rings (SSSR count). The minimum Gasteiger partial charge on any atom is -0.342 e. The number of carbonyl (C=O) groups excluding carboxylic acids is 2. The Hall–Kier alpha value is -1.49. The van der Waals surface area contributed by atoms with Crippen LogP contribution in [0.5, 0.6) is 0 Å². The first-order valence-electron chi connectivity index (χ1n) is 8.94. The SMILES string of the molecule is CC1CCCN(C(=O)c2ccccc2SCC(=O)N2CCCC2)C1. The molecule has 5 heteroatoms. The lowest BCUT2D eigenvalue weighted by Gasteiger charge is -2.31. The summed E-state index contributed by atoms with van der Waals surface area (Å²) in [5, 5.41) is 0. The maximum absolute atomic E-state index is 12.9. The van der Waals surface area contributed by atoms with Crippen LogP contribution in [0.25, 0.3) is 0 Å². The predicted molar refractivity (Wildman–Crippen MR) is 97.3 cm³/mol. The second-order valence-electron chi connectivity index (χ2n) is 6.87. The van der Waals surface area contributed by atoms with Crippen molar-refractivity contribution < 1.29 is 9.59 Å². The third-order valence-electron chi connectivity index (χ3n) is 4.87. The van der Waals surface area contributed by atoms with Gasteiger partial charge in [-0.05, 0) is 43.7 Å². The summed E-state index contributed by atoms with van der Waals surface area (Å²) in [6.07, 6.45) is 4.50. The van der Waals surface area contributed by atoms with E-state index >= 15 is 0 Å². The number of piperidine rings is 1. The second kappa shape index (κ2) is 8.06. The molecule has 0 N–H and O–H groups in total. The van der Waals surface area contributed by atoms with Crippen LogP contribution < -0.4 is 0 Å². The van der Waals surface area contributed by atoms with E-state index in [2.05, 4.69) is 6.92 Å². The number of benzene rings is 1. The Morgan fingerprint density at radius 1 is 1.08 bits per heavy atom. The van der Waals surface area contributed by atoms with E-state index in [1.165, 1.54) is 18.2 Å². The van der Waals surface area contributed by atoms with Crippen molar-refractivity contribution >= 4 is 23.6 Å². The number of nitrogens with zero attached hydrogens (tertiary/aromatic N) is 2. The summed E-state index contributed by atoms with van der Waals surface area (Å²) in [6, 6.07) is 7.71. The fourth-order valence-corrected chi connectivity index (χ4v) is 4.46. The molecule has 2 fully saturated rings. The van der Waals surface area contributed by atoms with Gasteiger partial charge >= 0.3 is 0 Å². The van der Waals surface area contributed by atoms with E-state index in [-0.39, 0.29) is 11.8 Å². The number of thioether (sulfide) groups is 1. The average Bonchev–Trinajstić information content (AvgIpc) is 3.14. The second-order valence-corrected chi connectivity index (χ2v) is 7.89. The van der Waals surface area contributed by atoms with Gasteiger partial charge < -0.3 is 9.80 Å². The third kappa shape index (κ3) is 4.12. The Labute approximate surface area is 148 Å². The van der Waals surface area contributed by atoms with Crippen LogP contribution in [0, 0.1) is 5.92 Å². The molecule has 2 aliphatic heterocycles. The van der Waals surface area contributed by atoms with Gasteiger partial charge in [-0.2, -0.15) is 0 Å². The minimum absolute atomic E-state index is 0.110. The molecule has 1 unspecified atom stereocenters. The molecule has 2 heterocycles. The molecule has 2 saturated heterocycles. The zero-order chi connectivity index (χ0) is 16.9. The third-order valence-corrected chi connectivity index (χ3v) is 5.93. The Morgan fingerprint density at radius 3 is 2.54 bits per heavy atom. The summed E-state index contributed by atoms with van der Waals surface area (Å²) in [5.41, 5.74) is 0.742. The van der Waals surface area contributed by atoms with E-state index in [0.717, 1.165) is 55.9 Å². The fraction of sp³-hybridized carbons (Fsp3) is 0.579. The van der Waals surface area contributed by atoms with Gasteiger partial charge in [0.25, 0.3) is 5.91 Å². The highest BCUT2D eigenvalue weighted by atomic mass is 32.2. The molecule has 1 aromatic rings. The first-order valence-corrected chi connectivity index (χ1v) is 9.92. The molecule has 0 saturated carbocycles. The van der Waals surface area contributed by atoms with Gasteiger partial charge in [0, 0.05) is 31.1 Å². The van der Waals surface area contributed by atoms with Gasteiger partial charge in [-0.1, -0.05) is 19.1 Å². The topological polar surface area (TPSA) is 40.6 Å². The molecular formula is C19H26N2O2S. The molecule has 0 aliphatic carbocycles. The van der Waals surface area contributed by atoms with E-state index in [0.29, 0.717) is 11.7 Å². The Kier molecular flexibility index (Phi) is 5.82. The standard InChI is InChI=1S/C19H26N2O2S/c1-15-7-6-12-21(13-15)19(23)16-8-2-3-9-17(16)24-14-18(22)20-10-4-5-11-20/h2-3,8-9,15H,4-7,10-14H2,1H3. The van der Waals surface area contributed by atoms with E-state index < -0.39 is 0 Å². The van der Waals surface area contributed by atoms with Crippen LogP contribution >= 0.6 is 11.8 Å². The maximum Gasteiger partial charge on any atom is 0.254 e. The maximum atomic E-state index is 12.9. The highest BCUT2D eigenvalue weighted by Gasteiger charge is 2.24. The molecule has 0 aromatic heterocycles. The van der Waals surface area contributed by atoms with Gasteiger partial charge in [-0.25, -0.2) is 0 Å². The summed E-state index contributed by atoms with van der Waals surface area (Å²) in [5.74, 6) is 1.28. The van der Waals surface area contributed by atoms with Gasteiger partial charge in [-0.3, -0.25) is 9.59 Å². The van der Waals surface area contributed by atoms with Crippen LogP contribution in [0.3, 0.4) is 0 Å². The Morgan fingerprint density at radius 2 is 1.79 bits per heavy atom. The van der Waals surface area contributed by atoms with Crippen molar-refractivity contribution in [3.05, 3.63) is 29.8 Å². The van der Waals surface area contributed by atoms with E-state index in [9.17, 15) is 9.59 Å². The summed E-state index contributed by atoms with van der Waals surface area (Å²) >= 11 is 1.50. The van der Waals surface area contributed by atoms with E-state index in [1.54, 1.807) is 0 Å². The molecule has 0 bridgehead atoms. The van der Waals surface area contributed by atoms with Crippen molar-refractivity contribution in [2.24, 2.45) is 5.92 Å². The van der Waals surface area contributed by atoms with Crippen molar-refractivity contribution in [1.29, 1.82) is 0 Å². The predicted octanol–water partition coefficient (Wildman–Crippen LogP) is 3.27. The lowest BCUT2D eigenvalue weighted by atomic mass is 9.99. The van der Waals surface area contributed by atoms with Gasteiger partial charge in [0.2, 0.25) is 5.91 Å². The number of rotatable bonds is 4. The number of amides is 2. The summed E-state index contributed by atoms with van der Waals surface area (Å²) < 4.78 is 0. The monoisotopic (exact) mass is 346 g/mol. The highest BCUT2D eigenvalue weighted by Crippen LogP contribution is 2.26. The quantitative estimate of drug-likeness (QED) is 0.786. The zero-order valence-electron chi connectivity index (χ0n) is 14.4. The van der Waals surface area contributed by atoms with Crippen LogP contribution in [0.15, 0.2) is 29.2 Å². The molecule has 2 amide bonds. The molecule has 4 nitrogen and oxygen atoms in total. The largest absolute Gasteiger partial charge is 0.342 e. The molecule has 1 atom stereocenters. The molecule has 130 valence electrons. The van der Waals surface area contributed by atoms with Gasteiger partial charge in [0.15, 0.2) is 0 Å². The van der Waals surface area contributed by atoms with Crippen molar-refractivity contribution in [3.63, 3.8) is 0 Å². The lowest BCUT2D eigenvalue weighted by molar-refractivity contribution is -0.127. The Bertz CT molecular complexity index is 599.